The van der Waals surface area contributed by atoms with Crippen LogP contribution in [0, 0.1) is 52.8 Å². The molecular weight excluding hydrogens is 368 g/mol. The Kier molecular flexibility index (Phi) is 6.71. The van der Waals surface area contributed by atoms with E-state index in [9.17, 15) is 4.79 Å². The Balaban J connectivity index is 1.42. The molecule has 0 amide bonds. The first-order valence-corrected chi connectivity index (χ1v) is 13.1. The molecule has 0 radical (unpaired) electrons. The van der Waals surface area contributed by atoms with Crippen molar-refractivity contribution in [1.82, 2.24) is 0 Å². The molecule has 0 bridgehead atoms. The summed E-state index contributed by atoms with van der Waals surface area (Å²) in [6.45, 7) is 11.4. The standard InChI is InChI=1S/C28H46O2/c1-18(2)7-6-8-19(3)26-13-14-27-25-11-9-21-17-22(30-20(4)29)10-12-23(21)24(25)15-16-28(26,27)5/h6,8,18-19,21-27H,7,9-17H2,1-5H3. The first kappa shape index (κ1) is 22.4. The molecule has 4 fully saturated rings. The van der Waals surface area contributed by atoms with E-state index in [0.717, 1.165) is 60.2 Å². The van der Waals surface area contributed by atoms with E-state index in [1.807, 2.05) is 0 Å². The van der Waals surface area contributed by atoms with Crippen LogP contribution in [0.3, 0.4) is 0 Å². The minimum absolute atomic E-state index is 0.0888. The minimum atomic E-state index is -0.0888. The summed E-state index contributed by atoms with van der Waals surface area (Å²) in [5.74, 6) is 6.87. The quantitative estimate of drug-likeness (QED) is 0.345. The van der Waals surface area contributed by atoms with Gasteiger partial charge >= 0.3 is 5.97 Å². The van der Waals surface area contributed by atoms with Gasteiger partial charge in [-0.05, 0) is 117 Å². The van der Waals surface area contributed by atoms with Crippen molar-refractivity contribution in [1.29, 1.82) is 0 Å². The average molecular weight is 415 g/mol. The molecule has 2 heteroatoms. The Morgan fingerprint density at radius 1 is 1.00 bits per heavy atom. The Labute approximate surface area is 185 Å². The second-order valence-electron chi connectivity index (χ2n) is 12.1. The lowest BCUT2D eigenvalue weighted by molar-refractivity contribution is -0.152. The predicted molar refractivity (Wildman–Crippen MR) is 124 cm³/mol. The third kappa shape index (κ3) is 4.26. The van der Waals surface area contributed by atoms with E-state index in [1.54, 1.807) is 6.92 Å². The normalized spacial score (nSPS) is 44.4. The molecule has 0 spiro atoms. The zero-order valence-electron chi connectivity index (χ0n) is 20.2. The summed E-state index contributed by atoms with van der Waals surface area (Å²) in [5, 5.41) is 0. The van der Waals surface area contributed by atoms with Gasteiger partial charge < -0.3 is 4.74 Å². The van der Waals surface area contributed by atoms with Gasteiger partial charge in [0, 0.05) is 6.92 Å². The van der Waals surface area contributed by atoms with E-state index in [1.165, 1.54) is 51.4 Å². The van der Waals surface area contributed by atoms with E-state index in [0.29, 0.717) is 5.41 Å². The number of fused-ring (bicyclic) bond motifs is 5. The molecule has 4 rings (SSSR count). The SMILES string of the molecule is CC(=O)OC1CCC2C(CCC3C2CCC2(C)C(C(C)C=CCC(C)C)CCC32)C1. The molecule has 4 aliphatic carbocycles. The van der Waals surface area contributed by atoms with Crippen LogP contribution in [0.4, 0.5) is 0 Å². The van der Waals surface area contributed by atoms with Crippen LogP contribution >= 0.6 is 0 Å². The van der Waals surface area contributed by atoms with Crippen molar-refractivity contribution in [2.75, 3.05) is 0 Å². The number of hydrogen-bond acceptors (Lipinski definition) is 2. The fraction of sp³-hybridized carbons (Fsp3) is 0.893. The van der Waals surface area contributed by atoms with Crippen molar-refractivity contribution in [3.05, 3.63) is 12.2 Å². The number of carbonyl (C=O) groups is 1. The van der Waals surface area contributed by atoms with Crippen LogP contribution in [0.5, 0.6) is 0 Å². The molecule has 9 atom stereocenters. The fourth-order valence-corrected chi connectivity index (χ4v) is 8.76. The van der Waals surface area contributed by atoms with Crippen LogP contribution in [0.15, 0.2) is 12.2 Å². The molecular formula is C28H46O2. The molecule has 0 aromatic heterocycles. The van der Waals surface area contributed by atoms with E-state index in [2.05, 4.69) is 39.8 Å². The molecule has 0 N–H and O–H groups in total. The van der Waals surface area contributed by atoms with Gasteiger partial charge in [0.2, 0.25) is 0 Å². The van der Waals surface area contributed by atoms with Crippen LogP contribution in [-0.4, -0.2) is 12.1 Å². The molecule has 30 heavy (non-hydrogen) atoms. The van der Waals surface area contributed by atoms with Crippen LogP contribution in [0.25, 0.3) is 0 Å². The largest absolute Gasteiger partial charge is 0.463 e. The van der Waals surface area contributed by atoms with Gasteiger partial charge in [-0.25, -0.2) is 0 Å². The molecule has 4 saturated carbocycles. The van der Waals surface area contributed by atoms with E-state index in [4.69, 9.17) is 4.74 Å². The fourth-order valence-electron chi connectivity index (χ4n) is 8.76. The van der Waals surface area contributed by atoms with Gasteiger partial charge in [-0.2, -0.15) is 0 Å². The number of carbonyl (C=O) groups excluding carboxylic acids is 1. The van der Waals surface area contributed by atoms with Crippen molar-refractivity contribution < 1.29 is 9.53 Å². The molecule has 170 valence electrons. The van der Waals surface area contributed by atoms with Gasteiger partial charge in [0.15, 0.2) is 0 Å². The summed E-state index contributed by atoms with van der Waals surface area (Å²) in [4.78, 5) is 11.4. The number of allylic oxidation sites excluding steroid dienone is 2. The molecule has 0 saturated heterocycles. The van der Waals surface area contributed by atoms with Crippen molar-refractivity contribution in [3.8, 4) is 0 Å². The van der Waals surface area contributed by atoms with E-state index >= 15 is 0 Å². The molecule has 4 aliphatic rings. The first-order chi connectivity index (χ1) is 14.3. The highest BCUT2D eigenvalue weighted by atomic mass is 16.5. The van der Waals surface area contributed by atoms with Gasteiger partial charge in [0.1, 0.15) is 6.10 Å². The van der Waals surface area contributed by atoms with E-state index in [-0.39, 0.29) is 12.1 Å². The summed E-state index contributed by atoms with van der Waals surface area (Å²) in [7, 11) is 0. The van der Waals surface area contributed by atoms with Crippen molar-refractivity contribution in [2.45, 2.75) is 105 Å². The van der Waals surface area contributed by atoms with E-state index < -0.39 is 0 Å². The molecule has 2 nitrogen and oxygen atoms in total. The Hall–Kier alpha value is -0.790. The summed E-state index contributed by atoms with van der Waals surface area (Å²) in [6.07, 6.45) is 18.6. The third-order valence-electron chi connectivity index (χ3n) is 9.99. The van der Waals surface area contributed by atoms with Crippen LogP contribution in [0.2, 0.25) is 0 Å². The topological polar surface area (TPSA) is 26.3 Å². The lowest BCUT2D eigenvalue weighted by Crippen LogP contribution is -2.49. The maximum atomic E-state index is 11.4. The summed E-state index contributed by atoms with van der Waals surface area (Å²) in [6, 6.07) is 0. The zero-order chi connectivity index (χ0) is 21.5. The highest BCUT2D eigenvalue weighted by Gasteiger charge is 2.57. The van der Waals surface area contributed by atoms with Gasteiger partial charge in [-0.3, -0.25) is 4.79 Å². The van der Waals surface area contributed by atoms with Crippen LogP contribution in [-0.2, 0) is 9.53 Å². The lowest BCUT2D eigenvalue weighted by Gasteiger charge is -2.56. The van der Waals surface area contributed by atoms with Gasteiger partial charge in [-0.1, -0.05) is 39.8 Å². The van der Waals surface area contributed by atoms with Gasteiger partial charge in [0.25, 0.3) is 0 Å². The highest BCUT2D eigenvalue weighted by molar-refractivity contribution is 5.66. The predicted octanol–water partition coefficient (Wildman–Crippen LogP) is 7.43. The van der Waals surface area contributed by atoms with Gasteiger partial charge in [0.05, 0.1) is 0 Å². The average Bonchev–Trinajstić information content (AvgIpc) is 3.04. The first-order valence-electron chi connectivity index (χ1n) is 13.1. The van der Waals surface area contributed by atoms with Crippen LogP contribution < -0.4 is 0 Å². The Morgan fingerprint density at radius 3 is 2.50 bits per heavy atom. The smallest absolute Gasteiger partial charge is 0.302 e. The maximum Gasteiger partial charge on any atom is 0.302 e. The maximum absolute atomic E-state index is 11.4. The number of hydrogen-bond donors (Lipinski definition) is 0. The zero-order valence-corrected chi connectivity index (χ0v) is 20.2. The van der Waals surface area contributed by atoms with Crippen molar-refractivity contribution in [3.63, 3.8) is 0 Å². The second-order valence-corrected chi connectivity index (χ2v) is 12.1. The number of esters is 1. The monoisotopic (exact) mass is 414 g/mol. The third-order valence-corrected chi connectivity index (χ3v) is 9.99. The minimum Gasteiger partial charge on any atom is -0.463 e. The molecule has 0 aromatic carbocycles. The highest BCUT2D eigenvalue weighted by Crippen LogP contribution is 2.65. The summed E-state index contributed by atoms with van der Waals surface area (Å²) >= 11 is 0. The molecule has 0 aliphatic heterocycles. The lowest BCUT2D eigenvalue weighted by atomic mass is 9.49. The van der Waals surface area contributed by atoms with Gasteiger partial charge in [-0.15, -0.1) is 0 Å². The second kappa shape index (κ2) is 8.99. The molecule has 9 unspecified atom stereocenters. The number of rotatable bonds is 5. The molecule has 0 aromatic rings. The summed E-state index contributed by atoms with van der Waals surface area (Å²) in [5.41, 5.74) is 0.560. The molecule has 0 heterocycles. The van der Waals surface area contributed by atoms with Crippen LogP contribution in [0.1, 0.15) is 98.8 Å². The number of ether oxygens (including phenoxy) is 1. The Morgan fingerprint density at radius 2 is 1.77 bits per heavy atom. The van der Waals surface area contributed by atoms with Crippen molar-refractivity contribution in [2.24, 2.45) is 52.8 Å². The van der Waals surface area contributed by atoms with Crippen molar-refractivity contribution >= 4 is 5.97 Å². The Bertz CT molecular complexity index is 637. The summed E-state index contributed by atoms with van der Waals surface area (Å²) < 4.78 is 5.60.